The van der Waals surface area contributed by atoms with Crippen LogP contribution in [0.5, 0.6) is 0 Å². The van der Waals surface area contributed by atoms with E-state index in [1.165, 1.54) is 63.7 Å². The molecular weight excluding hydrogens is 997 g/mol. The van der Waals surface area contributed by atoms with Crippen molar-refractivity contribution < 1.29 is 0 Å². The maximum absolute atomic E-state index is 5.65. The Morgan fingerprint density at radius 3 is 0.800 bits per heavy atom. The summed E-state index contributed by atoms with van der Waals surface area (Å²) >= 11 is 0. The predicted octanol–water partition coefficient (Wildman–Crippen LogP) is 13.2. The van der Waals surface area contributed by atoms with Crippen molar-refractivity contribution in [1.29, 1.82) is 0 Å². The maximum atomic E-state index is 5.65. The van der Waals surface area contributed by atoms with E-state index in [9.17, 15) is 0 Å². The maximum Gasteiger partial charge on any atom is 0.180 e. The monoisotopic (exact) mass is 1050 g/mol. The molecule has 2 nitrogen and oxygen atoms in total. The highest BCUT2D eigenvalue weighted by molar-refractivity contribution is 7.23. The molecule has 0 amide bonds. The molecule has 0 unspecified atom stereocenters. The van der Waals surface area contributed by atoms with E-state index in [1.807, 2.05) is 0 Å². The molecule has 0 N–H and O–H groups in total. The Hall–Kier alpha value is -9.85. The first-order chi connectivity index (χ1) is 39.6. The fourth-order valence-electron chi connectivity index (χ4n) is 13.3. The number of fused-ring (bicyclic) bond motifs is 6. The Morgan fingerprint density at radius 2 is 0.450 bits per heavy atom. The minimum absolute atomic E-state index is 0.905. The summed E-state index contributed by atoms with van der Waals surface area (Å²) in [6.07, 6.45) is 0. The van der Waals surface area contributed by atoms with E-state index < -0.39 is 16.1 Å². The summed E-state index contributed by atoms with van der Waals surface area (Å²) in [5, 5.41) is 11.2. The first kappa shape index (κ1) is 47.4. The molecule has 0 saturated carbocycles. The van der Waals surface area contributed by atoms with Crippen LogP contribution in [0.25, 0.3) is 89.5 Å². The number of nitrogens with zero attached hydrogens (tertiary/aromatic N) is 2. The van der Waals surface area contributed by atoms with Gasteiger partial charge in [0.2, 0.25) is 0 Å². The third-order valence-electron chi connectivity index (χ3n) is 16.8. The van der Waals surface area contributed by atoms with Gasteiger partial charge in [0.15, 0.2) is 16.1 Å². The van der Waals surface area contributed by atoms with Crippen LogP contribution in [0.3, 0.4) is 0 Å². The van der Waals surface area contributed by atoms with Crippen molar-refractivity contribution in [2.24, 2.45) is 0 Å². The zero-order valence-electron chi connectivity index (χ0n) is 43.9. The van der Waals surface area contributed by atoms with Crippen LogP contribution in [0.15, 0.2) is 315 Å². The zero-order chi connectivity index (χ0) is 53.0. The van der Waals surface area contributed by atoms with Gasteiger partial charge in [-0.05, 0) is 116 Å². The summed E-state index contributed by atoms with van der Waals surface area (Å²) in [7, 11) is -5.48. The van der Waals surface area contributed by atoms with Crippen molar-refractivity contribution in [3.63, 3.8) is 0 Å². The molecule has 0 spiro atoms. The first-order valence-electron chi connectivity index (χ1n) is 27.6. The number of pyridine rings is 2. The van der Waals surface area contributed by atoms with Crippen molar-refractivity contribution in [2.75, 3.05) is 0 Å². The molecule has 0 fully saturated rings. The molecule has 4 heteroatoms. The van der Waals surface area contributed by atoms with E-state index in [0.29, 0.717) is 0 Å². The van der Waals surface area contributed by atoms with Crippen LogP contribution < -0.4 is 41.5 Å². The highest BCUT2D eigenvalue weighted by Gasteiger charge is 2.50. The molecule has 13 aromatic rings. The third kappa shape index (κ3) is 7.67. The summed E-state index contributed by atoms with van der Waals surface area (Å²) in [6.45, 7) is 0. The molecule has 0 bridgehead atoms. The number of rotatable bonds is 10. The second-order valence-corrected chi connectivity index (χ2v) is 28.6. The molecule has 374 valence electrons. The van der Waals surface area contributed by atoms with Gasteiger partial charge in [0.25, 0.3) is 0 Å². The fraction of sp³-hybridized carbons (Fsp3) is 0. The number of hydrogen-bond acceptors (Lipinski definition) is 2. The van der Waals surface area contributed by atoms with E-state index in [1.54, 1.807) is 0 Å². The lowest BCUT2D eigenvalue weighted by atomic mass is 9.96. The summed E-state index contributed by atoms with van der Waals surface area (Å²) in [6, 6.07) is 117. The molecule has 0 saturated heterocycles. The van der Waals surface area contributed by atoms with Crippen LogP contribution in [0.1, 0.15) is 0 Å². The van der Waals surface area contributed by atoms with Gasteiger partial charge in [0, 0.05) is 22.3 Å². The van der Waals surface area contributed by atoms with Crippen molar-refractivity contribution >= 4 is 57.6 Å². The average Bonchev–Trinajstić information content (AvgIpc) is 4.18. The van der Waals surface area contributed by atoms with E-state index in [2.05, 4.69) is 315 Å². The largest absolute Gasteiger partial charge is 0.248 e. The normalized spacial score (nSPS) is 13.2. The molecule has 4 heterocycles. The fourth-order valence-corrected chi connectivity index (χ4v) is 23.7. The van der Waals surface area contributed by atoms with Crippen LogP contribution in [-0.4, -0.2) is 26.1 Å². The average molecular weight is 1050 g/mol. The van der Waals surface area contributed by atoms with Gasteiger partial charge in [0.05, 0.1) is 22.8 Å². The minimum Gasteiger partial charge on any atom is -0.248 e. The Kier molecular flexibility index (Phi) is 11.6. The third-order valence-corrected chi connectivity index (χ3v) is 26.6. The molecule has 0 aliphatic carbocycles. The van der Waals surface area contributed by atoms with Gasteiger partial charge in [-0.3, -0.25) is 0 Å². The lowest BCUT2D eigenvalue weighted by Gasteiger charge is -2.31. The number of aromatic nitrogens is 2. The van der Waals surface area contributed by atoms with Crippen LogP contribution in [0, 0.1) is 0 Å². The summed E-state index contributed by atoms with van der Waals surface area (Å²) in [5.41, 5.74) is 17.7. The molecule has 15 rings (SSSR count). The molecule has 11 aromatic carbocycles. The van der Waals surface area contributed by atoms with Gasteiger partial charge >= 0.3 is 0 Å². The Balaban J connectivity index is 0.889. The number of hydrogen-bond donors (Lipinski definition) is 0. The van der Waals surface area contributed by atoms with Gasteiger partial charge in [-0.2, -0.15) is 0 Å². The molecule has 2 aliphatic heterocycles. The topological polar surface area (TPSA) is 25.8 Å². The summed E-state index contributed by atoms with van der Waals surface area (Å²) in [5.74, 6) is 0. The summed E-state index contributed by atoms with van der Waals surface area (Å²) < 4.78 is 0. The van der Waals surface area contributed by atoms with Gasteiger partial charge < -0.3 is 0 Å². The van der Waals surface area contributed by atoms with Gasteiger partial charge in [-0.25, -0.2) is 9.97 Å². The smallest absolute Gasteiger partial charge is 0.180 e. The predicted molar refractivity (Wildman–Crippen MR) is 340 cm³/mol. The Labute approximate surface area is 469 Å². The standard InChI is InChI=1S/C76H52N2Si2/c1-7-24-53(25-8-1)59-47-69(77-71(49-59)57-42-44-67-65-38-19-21-40-73(65)79(75(67)51-57,61-30-11-3-12-31-61)62-32-13-4-14-33-62)55-28-23-29-56(46-55)70-48-60(54-26-9-2-10-27-54)50-72(78-70)58-43-45-68-66-39-20-22-41-74(66)80(76(68)52-58,63-34-15-5-16-35-63)64-36-17-6-18-37-64/h1-52H. The van der Waals surface area contributed by atoms with Gasteiger partial charge in [-0.15, -0.1) is 0 Å². The van der Waals surface area contributed by atoms with Gasteiger partial charge in [0.1, 0.15) is 0 Å². The van der Waals surface area contributed by atoms with E-state index >= 15 is 0 Å². The van der Waals surface area contributed by atoms with Gasteiger partial charge in [-0.1, -0.05) is 285 Å². The van der Waals surface area contributed by atoms with Crippen molar-refractivity contribution in [2.45, 2.75) is 0 Å². The Bertz CT molecular complexity index is 4090. The quantitative estimate of drug-likeness (QED) is 0.128. The SMILES string of the molecule is c1ccc(-c2cc(-c3cccc(-c4cc(-c5ccccc5)cc(-c5ccc6c(c5)[Si](c5ccccc5)(c5ccccc5)c5ccccc5-6)n4)c3)nc(-c3ccc4c(c3)[Si](c3ccccc3)(c3ccccc3)c3ccccc3-4)c2)cc1. The molecule has 0 radical (unpaired) electrons. The van der Waals surface area contributed by atoms with Crippen LogP contribution in [-0.2, 0) is 0 Å². The van der Waals surface area contributed by atoms with Crippen molar-refractivity contribution in [1.82, 2.24) is 9.97 Å². The highest BCUT2D eigenvalue weighted by Crippen LogP contribution is 2.38. The van der Waals surface area contributed by atoms with Crippen molar-refractivity contribution in [3.8, 4) is 89.5 Å². The summed E-state index contributed by atoms with van der Waals surface area (Å²) in [4.78, 5) is 11.3. The van der Waals surface area contributed by atoms with Crippen LogP contribution >= 0.6 is 0 Å². The molecule has 2 aliphatic rings. The first-order valence-corrected chi connectivity index (χ1v) is 31.6. The lowest BCUT2D eigenvalue weighted by molar-refractivity contribution is 1.31. The van der Waals surface area contributed by atoms with Crippen LogP contribution in [0.4, 0.5) is 0 Å². The van der Waals surface area contributed by atoms with E-state index in [4.69, 9.17) is 9.97 Å². The molecule has 0 atom stereocenters. The molecule has 2 aromatic heterocycles. The Morgan fingerprint density at radius 1 is 0.175 bits per heavy atom. The lowest BCUT2D eigenvalue weighted by Crippen LogP contribution is -2.72. The van der Waals surface area contributed by atoms with E-state index in [0.717, 1.165) is 67.3 Å². The molecule has 80 heavy (non-hydrogen) atoms. The van der Waals surface area contributed by atoms with Crippen LogP contribution in [0.2, 0.25) is 0 Å². The molecular formula is C76H52N2Si2. The second-order valence-electron chi connectivity index (χ2n) is 21.1. The number of benzene rings is 11. The zero-order valence-corrected chi connectivity index (χ0v) is 45.9. The van der Waals surface area contributed by atoms with Crippen molar-refractivity contribution in [3.05, 3.63) is 315 Å². The van der Waals surface area contributed by atoms with E-state index in [-0.39, 0.29) is 0 Å². The second kappa shape index (κ2) is 19.6. The highest BCUT2D eigenvalue weighted by atomic mass is 28.3. The minimum atomic E-state index is -2.74.